The van der Waals surface area contributed by atoms with Crippen molar-refractivity contribution >= 4 is 5.91 Å². The van der Waals surface area contributed by atoms with E-state index in [4.69, 9.17) is 4.74 Å². The molecule has 1 amide bonds. The van der Waals surface area contributed by atoms with Crippen LogP contribution in [0.2, 0.25) is 0 Å². The summed E-state index contributed by atoms with van der Waals surface area (Å²) in [7, 11) is 1.56. The minimum Gasteiger partial charge on any atom is -0.392 e. The molecule has 2 fully saturated rings. The number of hydrogen-bond donors (Lipinski definition) is 1. The van der Waals surface area contributed by atoms with Gasteiger partial charge in [0.25, 0.3) is 5.91 Å². The number of ether oxygens (including phenoxy) is 1. The molecule has 0 aromatic heterocycles. The van der Waals surface area contributed by atoms with Gasteiger partial charge in [-0.15, -0.1) is 0 Å². The van der Waals surface area contributed by atoms with E-state index in [-0.39, 0.29) is 24.1 Å². The molecule has 2 saturated heterocycles. The lowest BCUT2D eigenvalue weighted by atomic mass is 9.71. The summed E-state index contributed by atoms with van der Waals surface area (Å²) in [5, 5.41) is 10.7. The second kappa shape index (κ2) is 8.78. The van der Waals surface area contributed by atoms with Gasteiger partial charge in [-0.25, -0.2) is 0 Å². The number of aliphatic hydroxyl groups excluding tert-OH is 1. The maximum Gasteiger partial charge on any atom is 0.254 e. The number of methoxy groups -OCH3 is 1. The topological polar surface area (TPSA) is 53.0 Å². The van der Waals surface area contributed by atoms with Crippen molar-refractivity contribution in [2.24, 2.45) is 5.41 Å². The number of carbonyl (C=O) groups excluding carboxylic acids is 1. The highest BCUT2D eigenvalue weighted by Crippen LogP contribution is 2.39. The van der Waals surface area contributed by atoms with Crippen molar-refractivity contribution < 1.29 is 19.0 Å². The van der Waals surface area contributed by atoms with Crippen LogP contribution in [0.3, 0.4) is 0 Å². The molecule has 5 nitrogen and oxygen atoms in total. The predicted molar refractivity (Wildman–Crippen MR) is 96.2 cm³/mol. The van der Waals surface area contributed by atoms with E-state index in [9.17, 15) is 14.3 Å². The van der Waals surface area contributed by atoms with E-state index in [1.165, 1.54) is 0 Å². The number of rotatable bonds is 7. The standard InChI is InChI=1S/C19H35FN2O3/c1-18(2,25-3)17(24)22-12-7-9-19(15-22)14-21(13-8-16(19)23)11-6-4-5-10-20/h16,23H,4-15H2,1-3H3/t16-,19-/m1/s1. The summed E-state index contributed by atoms with van der Waals surface area (Å²) in [5.41, 5.74) is -1.07. The fourth-order valence-electron chi connectivity index (χ4n) is 4.24. The first-order valence-corrected chi connectivity index (χ1v) is 9.65. The molecule has 0 aliphatic carbocycles. The van der Waals surface area contributed by atoms with Crippen molar-refractivity contribution in [3.63, 3.8) is 0 Å². The molecule has 0 aromatic rings. The number of unbranched alkanes of at least 4 members (excludes halogenated alkanes) is 2. The van der Waals surface area contributed by atoms with Gasteiger partial charge < -0.3 is 19.6 Å². The Hall–Kier alpha value is -0.720. The molecule has 2 heterocycles. The van der Waals surface area contributed by atoms with E-state index in [1.807, 2.05) is 4.90 Å². The molecule has 1 spiro atoms. The van der Waals surface area contributed by atoms with Gasteiger partial charge in [-0.05, 0) is 58.9 Å². The summed E-state index contributed by atoms with van der Waals surface area (Å²) in [5.74, 6) is 0.00124. The number of carbonyl (C=O) groups is 1. The molecule has 1 N–H and O–H groups in total. The number of piperidine rings is 2. The third kappa shape index (κ3) is 4.92. The second-order valence-corrected chi connectivity index (χ2v) is 8.24. The van der Waals surface area contributed by atoms with Crippen molar-refractivity contribution in [1.29, 1.82) is 0 Å². The van der Waals surface area contributed by atoms with Crippen LogP contribution in [0.5, 0.6) is 0 Å². The molecule has 0 radical (unpaired) electrons. The zero-order chi connectivity index (χ0) is 18.5. The lowest BCUT2D eigenvalue weighted by molar-refractivity contribution is -0.159. The molecule has 0 bridgehead atoms. The van der Waals surface area contributed by atoms with Gasteiger partial charge in [0.2, 0.25) is 0 Å². The fourth-order valence-corrected chi connectivity index (χ4v) is 4.24. The smallest absolute Gasteiger partial charge is 0.254 e. The Kier molecular flexibility index (Phi) is 7.23. The first-order chi connectivity index (χ1) is 11.8. The molecule has 25 heavy (non-hydrogen) atoms. The molecule has 6 heteroatoms. The lowest BCUT2D eigenvalue weighted by Crippen LogP contribution is -2.61. The number of amides is 1. The van der Waals surface area contributed by atoms with Crippen LogP contribution in [-0.2, 0) is 9.53 Å². The predicted octanol–water partition coefficient (Wildman–Crippen LogP) is 2.23. The van der Waals surface area contributed by atoms with E-state index in [0.717, 1.165) is 58.3 Å². The number of halogens is 1. The van der Waals surface area contributed by atoms with Crippen LogP contribution in [0.15, 0.2) is 0 Å². The Balaban J connectivity index is 2.00. The Morgan fingerprint density at radius 3 is 2.72 bits per heavy atom. The molecule has 2 rings (SSSR count). The molecule has 0 saturated carbocycles. The third-order valence-electron chi connectivity index (χ3n) is 5.99. The summed E-state index contributed by atoms with van der Waals surface area (Å²) in [6.45, 7) is 7.34. The van der Waals surface area contributed by atoms with Crippen molar-refractivity contribution in [1.82, 2.24) is 9.80 Å². The van der Waals surface area contributed by atoms with Crippen LogP contribution in [0.4, 0.5) is 4.39 Å². The van der Waals surface area contributed by atoms with Crippen LogP contribution in [0.1, 0.15) is 52.4 Å². The van der Waals surface area contributed by atoms with Gasteiger partial charge in [0.05, 0.1) is 12.8 Å². The highest BCUT2D eigenvalue weighted by Gasteiger charge is 2.47. The zero-order valence-electron chi connectivity index (χ0n) is 16.1. The normalized spacial score (nSPS) is 28.5. The van der Waals surface area contributed by atoms with Crippen LogP contribution < -0.4 is 0 Å². The fraction of sp³-hybridized carbons (Fsp3) is 0.947. The molecule has 146 valence electrons. The van der Waals surface area contributed by atoms with Crippen LogP contribution in [-0.4, -0.2) is 79.0 Å². The number of nitrogens with zero attached hydrogens (tertiary/aromatic N) is 2. The quantitative estimate of drug-likeness (QED) is 0.709. The zero-order valence-corrected chi connectivity index (χ0v) is 16.1. The summed E-state index contributed by atoms with van der Waals surface area (Å²) < 4.78 is 17.6. The van der Waals surface area contributed by atoms with Crippen molar-refractivity contribution in [2.45, 2.75) is 64.1 Å². The summed E-state index contributed by atoms with van der Waals surface area (Å²) in [6.07, 6.45) is 4.79. The van der Waals surface area contributed by atoms with Gasteiger partial charge in [-0.2, -0.15) is 0 Å². The van der Waals surface area contributed by atoms with E-state index in [1.54, 1.807) is 21.0 Å². The minimum absolute atomic E-state index is 0.00124. The molecule has 2 aliphatic rings. The van der Waals surface area contributed by atoms with Crippen molar-refractivity contribution in [2.75, 3.05) is 46.5 Å². The number of hydrogen-bond acceptors (Lipinski definition) is 4. The molecule has 0 unspecified atom stereocenters. The van der Waals surface area contributed by atoms with E-state index in [2.05, 4.69) is 4.90 Å². The highest BCUT2D eigenvalue weighted by molar-refractivity contribution is 5.84. The third-order valence-corrected chi connectivity index (χ3v) is 5.99. The van der Waals surface area contributed by atoms with Crippen molar-refractivity contribution in [3.05, 3.63) is 0 Å². The summed E-state index contributed by atoms with van der Waals surface area (Å²) in [6, 6.07) is 0. The van der Waals surface area contributed by atoms with Gasteiger partial charge in [-0.1, -0.05) is 0 Å². The monoisotopic (exact) mass is 358 g/mol. The van der Waals surface area contributed by atoms with Crippen molar-refractivity contribution in [3.8, 4) is 0 Å². The average Bonchev–Trinajstić information content (AvgIpc) is 2.61. The van der Waals surface area contributed by atoms with Gasteiger partial charge in [0.1, 0.15) is 5.60 Å². The number of aliphatic hydroxyl groups is 1. The minimum atomic E-state index is -0.829. The van der Waals surface area contributed by atoms with E-state index >= 15 is 0 Å². The Morgan fingerprint density at radius 2 is 2.04 bits per heavy atom. The lowest BCUT2D eigenvalue weighted by Gasteiger charge is -2.51. The summed E-state index contributed by atoms with van der Waals surface area (Å²) >= 11 is 0. The number of likely N-dealkylation sites (tertiary alicyclic amines) is 2. The first-order valence-electron chi connectivity index (χ1n) is 9.65. The van der Waals surface area contributed by atoms with Gasteiger partial charge in [0.15, 0.2) is 0 Å². The maximum atomic E-state index is 12.8. The molecule has 2 atom stereocenters. The maximum absolute atomic E-state index is 12.8. The van der Waals surface area contributed by atoms with Gasteiger partial charge >= 0.3 is 0 Å². The Bertz CT molecular complexity index is 446. The van der Waals surface area contributed by atoms with Crippen LogP contribution in [0, 0.1) is 5.41 Å². The highest BCUT2D eigenvalue weighted by atomic mass is 19.1. The van der Waals surface area contributed by atoms with Crippen LogP contribution >= 0.6 is 0 Å². The molecule has 0 aromatic carbocycles. The van der Waals surface area contributed by atoms with E-state index in [0.29, 0.717) is 13.0 Å². The average molecular weight is 358 g/mol. The Morgan fingerprint density at radius 1 is 1.28 bits per heavy atom. The van der Waals surface area contributed by atoms with Gasteiger partial charge in [-0.3, -0.25) is 9.18 Å². The first kappa shape index (κ1) is 20.6. The molecular formula is C19H35FN2O3. The molecule has 2 aliphatic heterocycles. The van der Waals surface area contributed by atoms with Gasteiger partial charge in [0, 0.05) is 38.7 Å². The summed E-state index contributed by atoms with van der Waals surface area (Å²) in [4.78, 5) is 17.0. The number of alkyl halides is 1. The van der Waals surface area contributed by atoms with Crippen LogP contribution in [0.25, 0.3) is 0 Å². The largest absolute Gasteiger partial charge is 0.392 e. The van der Waals surface area contributed by atoms with E-state index < -0.39 is 5.60 Å². The molecular weight excluding hydrogens is 323 g/mol. The SMILES string of the molecule is COC(C)(C)C(=O)N1CCC[C@@]2(CN(CCCCCF)CC[C@H]2O)C1. The Labute approximate surface area is 151 Å². The second-order valence-electron chi connectivity index (χ2n) is 8.24.